The third kappa shape index (κ3) is 9.61. The molecule has 24 valence electrons. The summed E-state index contributed by atoms with van der Waals surface area (Å²) in [5.74, 6) is 0. The molecule has 0 rings (SSSR count). The van der Waals surface area contributed by atoms with Crippen molar-refractivity contribution in [3.63, 3.8) is 0 Å². The van der Waals surface area contributed by atoms with E-state index in [9.17, 15) is 0 Å². The molecular formula is H6BaO2Si. The first-order valence-corrected chi connectivity index (χ1v) is 0.866. The molecule has 0 atom stereocenters. The molecule has 0 saturated heterocycles. The third-order valence-corrected chi connectivity index (χ3v) is 0. The second-order valence-corrected chi connectivity index (χ2v) is 0. The Bertz CT molecular complexity index is 6.00. The summed E-state index contributed by atoms with van der Waals surface area (Å²) < 4.78 is 8.28. The Morgan fingerprint density at radius 2 is 1.25 bits per heavy atom. The Balaban J connectivity index is -0.00000000500. The van der Waals surface area contributed by atoms with Gasteiger partial charge in [-0.3, -0.25) is 0 Å². The van der Waals surface area contributed by atoms with Crippen LogP contribution in [0.25, 0.3) is 0 Å². The molecule has 0 aliphatic carbocycles. The van der Waals surface area contributed by atoms with Crippen molar-refractivity contribution in [2.24, 2.45) is 0 Å². The zero-order valence-corrected chi connectivity index (χ0v) is 3.03. The quantitative estimate of drug-likeness (QED) is 0.393. The van der Waals surface area contributed by atoms with Gasteiger partial charge in [0.25, 0.3) is 0 Å². The summed E-state index contributed by atoms with van der Waals surface area (Å²) in [6, 6.07) is 0. The fourth-order valence-electron chi connectivity index (χ4n) is 0. The fourth-order valence-corrected chi connectivity index (χ4v) is 0. The van der Waals surface area contributed by atoms with Crippen molar-refractivity contribution < 1.29 is 9.94 Å². The first kappa shape index (κ1) is 17.7. The van der Waals surface area contributed by atoms with Gasteiger partial charge in [-0.15, -0.1) is 0 Å². The minimum atomic E-state index is 0. The van der Waals surface area contributed by atoms with Gasteiger partial charge in [-0.1, -0.05) is 0 Å². The minimum absolute atomic E-state index is 0. The molecule has 0 aliphatic heterocycles. The summed E-state index contributed by atoms with van der Waals surface area (Å²) in [6.45, 7) is 0. The zero-order chi connectivity index (χ0) is 2.00. The van der Waals surface area contributed by atoms with Gasteiger partial charge >= 0.3 is 48.9 Å². The predicted molar refractivity (Wildman–Crippen MR) is 21.4 cm³/mol. The molecule has 0 saturated carbocycles. The van der Waals surface area contributed by atoms with Gasteiger partial charge < -0.3 is 9.94 Å². The molecule has 0 aliphatic rings. The van der Waals surface area contributed by atoms with Crippen molar-refractivity contribution in [3.05, 3.63) is 0 Å². The summed E-state index contributed by atoms with van der Waals surface area (Å²) in [5.41, 5.74) is 0. The van der Waals surface area contributed by atoms with Crippen molar-refractivity contribution >= 4 is 59.0 Å². The number of hydrogen-bond donors (Lipinski definition) is 0. The molecule has 0 radical (unpaired) electrons. The molecule has 0 spiro atoms. The van der Waals surface area contributed by atoms with E-state index in [1.165, 1.54) is 0 Å². The van der Waals surface area contributed by atoms with Gasteiger partial charge in [0.2, 0.25) is 10.1 Å². The van der Waals surface area contributed by atoms with Gasteiger partial charge in [-0.25, -0.2) is 0 Å². The molecule has 2 nitrogen and oxygen atoms in total. The second kappa shape index (κ2) is 23.9. The van der Waals surface area contributed by atoms with Gasteiger partial charge in [0.1, 0.15) is 0 Å². The monoisotopic (exact) mass is 204 g/mol. The maximum absolute atomic E-state index is 8.28. The Morgan fingerprint density at radius 1 is 1.25 bits per heavy atom. The van der Waals surface area contributed by atoms with Crippen molar-refractivity contribution in [2.75, 3.05) is 0 Å². The van der Waals surface area contributed by atoms with Gasteiger partial charge in [-0.05, 0) is 0 Å². The summed E-state index contributed by atoms with van der Waals surface area (Å²) in [7, 11) is 0.611. The van der Waals surface area contributed by atoms with Gasteiger partial charge in [0.05, 0.1) is 0 Å². The fraction of sp³-hybridized carbons (Fsp3) is 0. The van der Waals surface area contributed by atoms with Crippen LogP contribution >= 0.6 is 0 Å². The maximum atomic E-state index is 8.28. The van der Waals surface area contributed by atoms with Crippen molar-refractivity contribution in [1.82, 2.24) is 0 Å². The first-order valence-electron chi connectivity index (χ1n) is 0.289. The van der Waals surface area contributed by atoms with E-state index in [0.29, 0.717) is 10.1 Å². The van der Waals surface area contributed by atoms with E-state index in [0.717, 1.165) is 0 Å². The standard InChI is InChI=1S/Ba.H2OSi.H2O.2H/c;1-2;;;/h;2H2;1H2;;. The molecule has 0 heterocycles. The SMILES string of the molecule is O.O=[SiH2].[BaH2]. The Labute approximate surface area is 67.8 Å². The van der Waals surface area contributed by atoms with Crippen molar-refractivity contribution in [2.45, 2.75) is 0 Å². The molecule has 0 aromatic rings. The normalized spacial score (nSPS) is 1.00. The number of rotatable bonds is 0. The molecule has 0 unspecified atom stereocenters. The van der Waals surface area contributed by atoms with Crippen LogP contribution < -0.4 is 0 Å². The topological polar surface area (TPSA) is 48.6 Å². The molecule has 0 aromatic heterocycles. The van der Waals surface area contributed by atoms with E-state index in [-0.39, 0.29) is 54.4 Å². The average Bonchev–Trinajstić information content (AvgIpc) is 1.00. The van der Waals surface area contributed by atoms with E-state index in [4.69, 9.17) is 4.46 Å². The van der Waals surface area contributed by atoms with E-state index in [1.54, 1.807) is 0 Å². The van der Waals surface area contributed by atoms with E-state index in [2.05, 4.69) is 0 Å². The molecular weight excluding hydrogens is 197 g/mol. The summed E-state index contributed by atoms with van der Waals surface area (Å²) >= 11 is 0. The van der Waals surface area contributed by atoms with Crippen LogP contribution in [-0.2, 0) is 4.46 Å². The summed E-state index contributed by atoms with van der Waals surface area (Å²) in [5, 5.41) is 0. The first-order chi connectivity index (χ1) is 1.00. The molecule has 2 N–H and O–H groups in total. The van der Waals surface area contributed by atoms with Crippen molar-refractivity contribution in [1.29, 1.82) is 0 Å². The Morgan fingerprint density at radius 3 is 1.25 bits per heavy atom. The Hall–Kier alpha value is 1.55. The molecule has 0 amide bonds. The van der Waals surface area contributed by atoms with Crippen LogP contribution in [0.3, 0.4) is 0 Å². The third-order valence-electron chi connectivity index (χ3n) is 0. The number of hydrogen-bond acceptors (Lipinski definition) is 1. The van der Waals surface area contributed by atoms with Gasteiger partial charge in [-0.2, -0.15) is 0 Å². The molecule has 4 heteroatoms. The van der Waals surface area contributed by atoms with Crippen LogP contribution in [0.15, 0.2) is 0 Å². The van der Waals surface area contributed by atoms with Crippen LogP contribution in [0.2, 0.25) is 0 Å². The van der Waals surface area contributed by atoms with Crippen LogP contribution in [-0.4, -0.2) is 64.5 Å². The summed E-state index contributed by atoms with van der Waals surface area (Å²) in [4.78, 5) is 0. The van der Waals surface area contributed by atoms with Gasteiger partial charge in [0, 0.05) is 0 Å². The van der Waals surface area contributed by atoms with Crippen LogP contribution in [0, 0.1) is 0 Å². The average molecular weight is 203 g/mol. The van der Waals surface area contributed by atoms with Crippen LogP contribution in [0.4, 0.5) is 0 Å². The predicted octanol–water partition coefficient (Wildman–Crippen LogP) is -2.78. The van der Waals surface area contributed by atoms with Crippen LogP contribution in [0.5, 0.6) is 0 Å². The van der Waals surface area contributed by atoms with Crippen molar-refractivity contribution in [3.8, 4) is 0 Å². The second-order valence-electron chi connectivity index (χ2n) is 0. The molecule has 0 fully saturated rings. The molecule has 0 bridgehead atoms. The molecule has 4 heavy (non-hydrogen) atoms. The Kier molecular flexibility index (Phi) is 106. The van der Waals surface area contributed by atoms with Crippen LogP contribution in [0.1, 0.15) is 0 Å². The van der Waals surface area contributed by atoms with E-state index >= 15 is 0 Å². The van der Waals surface area contributed by atoms with E-state index < -0.39 is 0 Å². The zero-order valence-electron chi connectivity index (χ0n) is 1.62. The summed E-state index contributed by atoms with van der Waals surface area (Å²) in [6.07, 6.45) is 0. The molecule has 0 aromatic carbocycles. The van der Waals surface area contributed by atoms with Gasteiger partial charge in [0.15, 0.2) is 0 Å². The van der Waals surface area contributed by atoms with E-state index in [1.807, 2.05) is 0 Å².